The lowest BCUT2D eigenvalue weighted by Gasteiger charge is -2.55. The Bertz CT molecular complexity index is 1450. The van der Waals surface area contributed by atoms with Gasteiger partial charge >= 0.3 is 17.9 Å². The third-order valence-electron chi connectivity index (χ3n) is 8.50. The van der Waals surface area contributed by atoms with Crippen molar-refractivity contribution in [2.24, 2.45) is 28.9 Å². The molecule has 0 aliphatic carbocycles. The lowest BCUT2D eigenvalue weighted by atomic mass is 9.97. The zero-order valence-electron chi connectivity index (χ0n) is 29.7. The standard InChI is InChI=1S/C31H50N8O13S/c1-14(2)23(37-25(44)16(33)7-5-9-32)26(45)36-18(10-20(35)41)19(40)11-22(43)52-12-15-13-53-30-31(51-3,29(50)39(30)24(15)28(48)49)38-21(42)8-4-6-17(34)27(46)47/h14,16-19,23,30,40H,4-13,32-34H2,1-3H3,(H2,35,41)(H,36,45)(H,37,44)(H,38,42)(H,46,47)(H,48,49)/t16?,17-,18?,19?,23?,30?,31-/m0/s1. The van der Waals surface area contributed by atoms with Gasteiger partial charge in [-0.25, -0.2) is 4.79 Å². The summed E-state index contributed by atoms with van der Waals surface area (Å²) in [5.41, 5.74) is 19.7. The molecule has 2 rings (SSSR count). The Hall–Kier alpha value is -4.35. The molecule has 14 N–H and O–H groups in total. The molecule has 0 aromatic carbocycles. The molecular weight excluding hydrogens is 724 g/mol. The number of nitrogens with one attached hydrogen (secondary N) is 3. The van der Waals surface area contributed by atoms with Gasteiger partial charge in [-0.15, -0.1) is 11.8 Å². The number of aliphatic hydroxyl groups excluding tert-OH is 1. The number of hydrogen-bond donors (Lipinski definition) is 10. The highest BCUT2D eigenvalue weighted by atomic mass is 32.2. The number of esters is 1. The van der Waals surface area contributed by atoms with Crippen molar-refractivity contribution >= 4 is 59.2 Å². The van der Waals surface area contributed by atoms with Crippen LogP contribution in [0.4, 0.5) is 0 Å². The summed E-state index contributed by atoms with van der Waals surface area (Å²) in [4.78, 5) is 100. The molecule has 2 aliphatic rings. The number of amides is 5. The molecule has 0 spiro atoms. The van der Waals surface area contributed by atoms with Crippen molar-refractivity contribution in [2.75, 3.05) is 26.0 Å². The van der Waals surface area contributed by atoms with E-state index in [1.165, 1.54) is 0 Å². The number of fused-ring (bicyclic) bond motifs is 1. The molecule has 0 bridgehead atoms. The second-order valence-electron chi connectivity index (χ2n) is 12.9. The lowest BCUT2D eigenvalue weighted by Crippen LogP contribution is -2.80. The van der Waals surface area contributed by atoms with Gasteiger partial charge in [-0.3, -0.25) is 38.5 Å². The molecule has 298 valence electrons. The first-order chi connectivity index (χ1) is 24.8. The van der Waals surface area contributed by atoms with Crippen LogP contribution in [-0.4, -0.2) is 135 Å². The van der Waals surface area contributed by atoms with Crippen LogP contribution in [0.2, 0.25) is 0 Å². The van der Waals surface area contributed by atoms with E-state index in [2.05, 4.69) is 16.0 Å². The molecule has 5 unspecified atom stereocenters. The molecule has 53 heavy (non-hydrogen) atoms. The number of rotatable bonds is 23. The van der Waals surface area contributed by atoms with Crippen molar-refractivity contribution in [1.29, 1.82) is 0 Å². The van der Waals surface area contributed by atoms with Crippen LogP contribution in [0.15, 0.2) is 11.3 Å². The van der Waals surface area contributed by atoms with Gasteiger partial charge in [-0.2, -0.15) is 0 Å². The van der Waals surface area contributed by atoms with Crippen LogP contribution >= 0.6 is 11.8 Å². The highest BCUT2D eigenvalue weighted by Gasteiger charge is 2.66. The Labute approximate surface area is 309 Å². The summed E-state index contributed by atoms with van der Waals surface area (Å²) in [7, 11) is 1.15. The third-order valence-corrected chi connectivity index (χ3v) is 9.87. The van der Waals surface area contributed by atoms with Crippen LogP contribution in [0.1, 0.15) is 58.8 Å². The number of thioether (sulfide) groups is 1. The molecule has 5 amide bonds. The van der Waals surface area contributed by atoms with E-state index in [0.717, 1.165) is 23.8 Å². The quantitative estimate of drug-likeness (QED) is 0.0270. The molecule has 2 heterocycles. The number of primary amides is 1. The Morgan fingerprint density at radius 3 is 2.19 bits per heavy atom. The summed E-state index contributed by atoms with van der Waals surface area (Å²) in [6.45, 7) is 2.97. The topological polar surface area (TPSA) is 359 Å². The summed E-state index contributed by atoms with van der Waals surface area (Å²) in [5.74, 6) is -8.26. The fourth-order valence-electron chi connectivity index (χ4n) is 5.51. The maximum Gasteiger partial charge on any atom is 0.352 e. The molecule has 7 atom stereocenters. The van der Waals surface area contributed by atoms with Gasteiger partial charge in [0.25, 0.3) is 11.6 Å². The zero-order valence-corrected chi connectivity index (χ0v) is 30.5. The maximum absolute atomic E-state index is 13.3. The largest absolute Gasteiger partial charge is 0.480 e. The first-order valence-corrected chi connectivity index (χ1v) is 17.8. The fourth-order valence-corrected chi connectivity index (χ4v) is 6.93. The number of nitrogens with two attached hydrogens (primary N) is 4. The van der Waals surface area contributed by atoms with Crippen molar-refractivity contribution in [3.8, 4) is 0 Å². The second kappa shape index (κ2) is 20.2. The zero-order chi connectivity index (χ0) is 40.2. The molecule has 0 aromatic heterocycles. The molecule has 21 nitrogen and oxygen atoms in total. The van der Waals surface area contributed by atoms with Gasteiger partial charge in [-0.05, 0) is 38.1 Å². The summed E-state index contributed by atoms with van der Waals surface area (Å²) >= 11 is 1.01. The van der Waals surface area contributed by atoms with Crippen molar-refractivity contribution in [2.45, 2.75) is 100 Å². The number of methoxy groups -OCH3 is 1. The van der Waals surface area contributed by atoms with Gasteiger partial charge in [-0.1, -0.05) is 13.8 Å². The Balaban J connectivity index is 2.10. The van der Waals surface area contributed by atoms with E-state index in [0.29, 0.717) is 13.0 Å². The van der Waals surface area contributed by atoms with Crippen LogP contribution in [0, 0.1) is 5.92 Å². The predicted molar refractivity (Wildman–Crippen MR) is 185 cm³/mol. The Morgan fingerprint density at radius 1 is 1.00 bits per heavy atom. The smallest absolute Gasteiger partial charge is 0.352 e. The van der Waals surface area contributed by atoms with Gasteiger partial charge < -0.3 is 63.7 Å². The van der Waals surface area contributed by atoms with Crippen LogP contribution in [0.25, 0.3) is 0 Å². The van der Waals surface area contributed by atoms with Gasteiger partial charge in [0.15, 0.2) is 0 Å². The van der Waals surface area contributed by atoms with Crippen LogP contribution in [0.3, 0.4) is 0 Å². The second-order valence-corrected chi connectivity index (χ2v) is 14.0. The monoisotopic (exact) mass is 774 g/mol. The molecule has 22 heteroatoms. The number of nitrogens with zero attached hydrogens (tertiary/aromatic N) is 1. The molecule has 2 aliphatic heterocycles. The van der Waals surface area contributed by atoms with Crippen molar-refractivity contribution < 1.29 is 63.1 Å². The fraction of sp³-hybridized carbons (Fsp3) is 0.677. The Morgan fingerprint density at radius 2 is 1.64 bits per heavy atom. The van der Waals surface area contributed by atoms with E-state index in [9.17, 15) is 48.6 Å². The first kappa shape index (κ1) is 44.8. The Kier molecular flexibility index (Phi) is 17.1. The van der Waals surface area contributed by atoms with Crippen LogP contribution < -0.4 is 38.9 Å². The number of carboxylic acids is 2. The molecule has 1 saturated heterocycles. The molecule has 0 saturated carbocycles. The minimum Gasteiger partial charge on any atom is -0.480 e. The summed E-state index contributed by atoms with van der Waals surface area (Å²) in [6, 6.07) is -4.63. The number of aliphatic hydroxyl groups is 1. The minimum atomic E-state index is -1.92. The highest BCUT2D eigenvalue weighted by molar-refractivity contribution is 8.00. The molecule has 1 fully saturated rings. The number of β-lactam (4-membered cyclic amide) rings is 1. The van der Waals surface area contributed by atoms with Crippen molar-refractivity contribution in [1.82, 2.24) is 20.9 Å². The summed E-state index contributed by atoms with van der Waals surface area (Å²) in [5, 5.41) is 36.2. The summed E-state index contributed by atoms with van der Waals surface area (Å²) < 4.78 is 10.6. The van der Waals surface area contributed by atoms with Crippen molar-refractivity contribution in [3.05, 3.63) is 11.3 Å². The molecule has 0 radical (unpaired) electrons. The predicted octanol–water partition coefficient (Wildman–Crippen LogP) is -3.86. The van der Waals surface area contributed by atoms with Gasteiger partial charge in [0, 0.05) is 31.3 Å². The lowest BCUT2D eigenvalue weighted by molar-refractivity contribution is -0.192. The minimum absolute atomic E-state index is 0.00344. The van der Waals surface area contributed by atoms with E-state index in [1.807, 2.05) is 0 Å². The third kappa shape index (κ3) is 11.8. The maximum atomic E-state index is 13.3. The number of carbonyl (C=O) groups is 8. The van der Waals surface area contributed by atoms with E-state index in [-0.39, 0.29) is 37.0 Å². The van der Waals surface area contributed by atoms with Crippen molar-refractivity contribution in [3.63, 3.8) is 0 Å². The number of carboxylic acid groups (broad SMARTS) is 2. The van der Waals surface area contributed by atoms with E-state index in [1.54, 1.807) is 13.8 Å². The molecule has 0 aromatic rings. The van der Waals surface area contributed by atoms with E-state index < -0.39 is 120 Å². The number of hydrogen-bond acceptors (Lipinski definition) is 15. The van der Waals surface area contributed by atoms with E-state index in [4.69, 9.17) is 37.5 Å². The number of aliphatic carboxylic acids is 2. The number of ether oxygens (including phenoxy) is 2. The average Bonchev–Trinajstić information content (AvgIpc) is 3.08. The molecular formula is C31H50N8O13S. The highest BCUT2D eigenvalue weighted by Crippen LogP contribution is 2.46. The van der Waals surface area contributed by atoms with Crippen LogP contribution in [0.5, 0.6) is 0 Å². The number of carbonyl (C=O) groups excluding carboxylic acids is 6. The SMILES string of the molecule is CO[C@@]1(NC(=O)CCC[C@H](N)C(=O)O)C(=O)N2C(C(=O)O)=C(COC(=O)CC(O)C(CC(N)=O)NC(=O)C(NC(=O)C(N)CCCN)C(C)C)CSC21. The van der Waals surface area contributed by atoms with E-state index >= 15 is 0 Å². The normalized spacial score (nSPS) is 20.9. The van der Waals surface area contributed by atoms with Crippen LogP contribution in [-0.2, 0) is 47.8 Å². The van der Waals surface area contributed by atoms with Gasteiger partial charge in [0.05, 0.1) is 24.6 Å². The van der Waals surface area contributed by atoms with Gasteiger partial charge in [0.2, 0.25) is 23.6 Å². The van der Waals surface area contributed by atoms with Gasteiger partial charge in [0.1, 0.15) is 29.8 Å². The first-order valence-electron chi connectivity index (χ1n) is 16.7. The average molecular weight is 775 g/mol. The summed E-state index contributed by atoms with van der Waals surface area (Å²) in [6.07, 6.45) is -2.42.